The number of ether oxygens (including phenoxy) is 1. The summed E-state index contributed by atoms with van der Waals surface area (Å²) in [7, 11) is 0. The van der Waals surface area contributed by atoms with Crippen LogP contribution < -0.4 is 9.64 Å². The van der Waals surface area contributed by atoms with Gasteiger partial charge in [0.1, 0.15) is 6.10 Å². The highest BCUT2D eigenvalue weighted by Crippen LogP contribution is 2.29. The number of pyridine rings is 1. The van der Waals surface area contributed by atoms with E-state index >= 15 is 0 Å². The molecule has 0 spiro atoms. The minimum Gasteiger partial charge on any atom is -0.472 e. The highest BCUT2D eigenvalue weighted by molar-refractivity contribution is 5.41. The Morgan fingerprint density at radius 3 is 2.41 bits per heavy atom. The van der Waals surface area contributed by atoms with Crippen LogP contribution in [-0.2, 0) is 6.18 Å². The molecular weight excluding hydrogens is 385 g/mol. The fourth-order valence-corrected chi connectivity index (χ4v) is 3.28. The summed E-state index contributed by atoms with van der Waals surface area (Å²) >= 11 is 0. The van der Waals surface area contributed by atoms with E-state index in [-0.39, 0.29) is 12.0 Å². The van der Waals surface area contributed by atoms with Gasteiger partial charge in [0.25, 0.3) is 0 Å². The lowest BCUT2D eigenvalue weighted by Crippen LogP contribution is -2.25. The molecule has 29 heavy (non-hydrogen) atoms. The first-order valence-corrected chi connectivity index (χ1v) is 9.12. The van der Waals surface area contributed by atoms with Gasteiger partial charge in [-0.3, -0.25) is 0 Å². The second-order valence-electron chi connectivity index (χ2n) is 6.95. The van der Waals surface area contributed by atoms with Gasteiger partial charge < -0.3 is 9.64 Å². The van der Waals surface area contributed by atoms with E-state index in [1.54, 1.807) is 4.68 Å². The van der Waals surface area contributed by atoms with Gasteiger partial charge in [0, 0.05) is 30.9 Å². The first-order valence-electron chi connectivity index (χ1n) is 9.12. The van der Waals surface area contributed by atoms with Crippen LogP contribution in [0.15, 0.2) is 36.5 Å². The average Bonchev–Trinajstić information content (AvgIpc) is 3.27. The van der Waals surface area contributed by atoms with E-state index in [0.717, 1.165) is 23.7 Å². The number of anilines is 1. The molecule has 1 aliphatic heterocycles. The molecule has 1 atom stereocenters. The molecule has 0 aliphatic carbocycles. The first kappa shape index (κ1) is 19.2. The van der Waals surface area contributed by atoms with Crippen molar-refractivity contribution in [1.29, 1.82) is 0 Å². The summed E-state index contributed by atoms with van der Waals surface area (Å²) in [6.07, 6.45) is -3.10. The summed E-state index contributed by atoms with van der Waals surface area (Å²) in [6.45, 7) is 5.13. The van der Waals surface area contributed by atoms with Crippen LogP contribution in [0.5, 0.6) is 5.88 Å². The van der Waals surface area contributed by atoms with Gasteiger partial charge in [-0.25, -0.2) is 9.67 Å². The molecule has 152 valence electrons. The Morgan fingerprint density at radius 2 is 1.83 bits per heavy atom. The number of alkyl halides is 3. The van der Waals surface area contributed by atoms with E-state index in [4.69, 9.17) is 4.74 Å². The SMILES string of the molecule is Cc1cc(C)n(-c2ccc(N3CCC(Oc4ccc(C(F)(F)F)cn4)C3)nn2)n1. The van der Waals surface area contributed by atoms with Gasteiger partial charge in [-0.05, 0) is 38.1 Å². The number of hydrogen-bond acceptors (Lipinski definition) is 6. The monoisotopic (exact) mass is 404 g/mol. The van der Waals surface area contributed by atoms with Crippen molar-refractivity contribution in [2.45, 2.75) is 32.5 Å². The van der Waals surface area contributed by atoms with Gasteiger partial charge in [0.2, 0.25) is 5.88 Å². The number of aryl methyl sites for hydroxylation is 2. The fourth-order valence-electron chi connectivity index (χ4n) is 3.28. The van der Waals surface area contributed by atoms with Crippen LogP contribution in [-0.4, -0.2) is 44.2 Å². The van der Waals surface area contributed by atoms with Crippen molar-refractivity contribution in [3.63, 3.8) is 0 Å². The quantitative estimate of drug-likeness (QED) is 0.664. The molecule has 10 heteroatoms. The number of hydrogen-bond donors (Lipinski definition) is 0. The van der Waals surface area contributed by atoms with Gasteiger partial charge in [-0.15, -0.1) is 10.2 Å². The Hall–Kier alpha value is -3.17. The second kappa shape index (κ2) is 7.34. The summed E-state index contributed by atoms with van der Waals surface area (Å²) in [6, 6.07) is 7.91. The Bertz CT molecular complexity index is 985. The zero-order valence-electron chi connectivity index (χ0n) is 15.9. The van der Waals surface area contributed by atoms with E-state index in [0.29, 0.717) is 31.1 Å². The third-order valence-corrected chi connectivity index (χ3v) is 4.68. The normalized spacial score (nSPS) is 17.0. The maximum Gasteiger partial charge on any atom is 0.417 e. The summed E-state index contributed by atoms with van der Waals surface area (Å²) < 4.78 is 45.3. The Labute approximate surface area is 165 Å². The molecule has 7 nitrogen and oxygen atoms in total. The van der Waals surface area contributed by atoms with Crippen molar-refractivity contribution in [3.05, 3.63) is 53.5 Å². The van der Waals surface area contributed by atoms with Crippen molar-refractivity contribution < 1.29 is 17.9 Å². The Kier molecular flexibility index (Phi) is 4.85. The molecule has 1 fully saturated rings. The topological polar surface area (TPSA) is 69.0 Å². The summed E-state index contributed by atoms with van der Waals surface area (Å²) in [4.78, 5) is 5.78. The molecule has 0 aromatic carbocycles. The smallest absolute Gasteiger partial charge is 0.417 e. The zero-order chi connectivity index (χ0) is 20.6. The maximum absolute atomic E-state index is 12.6. The van der Waals surface area contributed by atoms with Gasteiger partial charge >= 0.3 is 6.18 Å². The van der Waals surface area contributed by atoms with Gasteiger partial charge in [0.05, 0.1) is 17.8 Å². The van der Waals surface area contributed by atoms with Crippen molar-refractivity contribution in [2.24, 2.45) is 0 Å². The molecule has 1 aliphatic rings. The molecule has 0 N–H and O–H groups in total. The molecule has 0 bridgehead atoms. The molecule has 0 amide bonds. The lowest BCUT2D eigenvalue weighted by molar-refractivity contribution is -0.137. The molecule has 0 radical (unpaired) electrons. The van der Waals surface area contributed by atoms with E-state index in [1.807, 2.05) is 36.9 Å². The average molecular weight is 404 g/mol. The van der Waals surface area contributed by atoms with E-state index in [1.165, 1.54) is 6.07 Å². The van der Waals surface area contributed by atoms with Crippen molar-refractivity contribution in [2.75, 3.05) is 18.0 Å². The van der Waals surface area contributed by atoms with Crippen molar-refractivity contribution >= 4 is 5.82 Å². The van der Waals surface area contributed by atoms with Crippen molar-refractivity contribution in [3.8, 4) is 11.7 Å². The van der Waals surface area contributed by atoms with E-state index < -0.39 is 11.7 Å². The Morgan fingerprint density at radius 1 is 1.07 bits per heavy atom. The maximum atomic E-state index is 12.6. The van der Waals surface area contributed by atoms with Crippen LogP contribution in [0.1, 0.15) is 23.4 Å². The van der Waals surface area contributed by atoms with Crippen LogP contribution in [0, 0.1) is 13.8 Å². The van der Waals surface area contributed by atoms with Crippen LogP contribution in [0.3, 0.4) is 0 Å². The fraction of sp³-hybridized carbons (Fsp3) is 0.368. The largest absolute Gasteiger partial charge is 0.472 e. The minimum absolute atomic E-state index is 0.177. The standard InChI is InChI=1S/C19H19F3N6O/c1-12-9-13(2)28(26-12)17-5-4-16(24-25-17)27-8-7-15(11-27)29-18-6-3-14(10-23-18)19(20,21)22/h3-6,9-10,15H,7-8,11H2,1-2H3. The predicted octanol–water partition coefficient (Wildman–Crippen LogP) is 3.35. The molecular formula is C19H19F3N6O. The first-order chi connectivity index (χ1) is 13.8. The number of nitrogens with zero attached hydrogens (tertiary/aromatic N) is 6. The highest BCUT2D eigenvalue weighted by Gasteiger charge is 2.31. The van der Waals surface area contributed by atoms with Gasteiger partial charge in [-0.1, -0.05) is 0 Å². The van der Waals surface area contributed by atoms with Crippen LogP contribution >= 0.6 is 0 Å². The molecule has 1 unspecified atom stereocenters. The number of rotatable bonds is 4. The second-order valence-corrected chi connectivity index (χ2v) is 6.95. The lowest BCUT2D eigenvalue weighted by atomic mass is 10.3. The summed E-state index contributed by atoms with van der Waals surface area (Å²) in [5, 5.41) is 12.9. The summed E-state index contributed by atoms with van der Waals surface area (Å²) in [5.74, 6) is 1.53. The highest BCUT2D eigenvalue weighted by atomic mass is 19.4. The van der Waals surface area contributed by atoms with Crippen LogP contribution in [0.25, 0.3) is 5.82 Å². The van der Waals surface area contributed by atoms with Gasteiger partial charge in [0.15, 0.2) is 11.6 Å². The molecule has 4 heterocycles. The van der Waals surface area contributed by atoms with Crippen LogP contribution in [0.2, 0.25) is 0 Å². The molecule has 1 saturated heterocycles. The predicted molar refractivity (Wildman–Crippen MR) is 99.1 cm³/mol. The number of halogens is 3. The number of aromatic nitrogens is 5. The minimum atomic E-state index is -4.41. The molecule has 0 saturated carbocycles. The third kappa shape index (κ3) is 4.15. The van der Waals surface area contributed by atoms with E-state index in [2.05, 4.69) is 20.3 Å². The van der Waals surface area contributed by atoms with E-state index in [9.17, 15) is 13.2 Å². The zero-order valence-corrected chi connectivity index (χ0v) is 15.9. The van der Waals surface area contributed by atoms with Gasteiger partial charge in [-0.2, -0.15) is 18.3 Å². The molecule has 4 rings (SSSR count). The van der Waals surface area contributed by atoms with Crippen molar-refractivity contribution in [1.82, 2.24) is 25.0 Å². The third-order valence-electron chi connectivity index (χ3n) is 4.68. The molecule has 3 aromatic rings. The summed E-state index contributed by atoms with van der Waals surface area (Å²) in [5.41, 5.74) is 1.09. The van der Waals surface area contributed by atoms with Crippen LogP contribution in [0.4, 0.5) is 19.0 Å². The Balaban J connectivity index is 1.39. The lowest BCUT2D eigenvalue weighted by Gasteiger charge is -2.17. The molecule has 3 aromatic heterocycles.